The molecule has 0 bridgehead atoms. The lowest BCUT2D eigenvalue weighted by Crippen LogP contribution is -2.01. The van der Waals surface area contributed by atoms with E-state index in [1.807, 2.05) is 74.5 Å². The largest absolute Gasteiger partial charge is 0.309 e. The van der Waals surface area contributed by atoms with Gasteiger partial charge in [-0.15, -0.1) is 0 Å². The summed E-state index contributed by atoms with van der Waals surface area (Å²) >= 11 is 0. The molecule has 0 spiro atoms. The Kier molecular flexibility index (Phi) is 15.1. The van der Waals surface area contributed by atoms with Crippen molar-refractivity contribution in [3.63, 3.8) is 0 Å². The van der Waals surface area contributed by atoms with E-state index in [2.05, 4.69) is 327 Å². The van der Waals surface area contributed by atoms with Crippen molar-refractivity contribution >= 4 is 109 Å². The molecule has 6 aromatic heterocycles. The Balaban J connectivity index is 0.000000140. The molecule has 0 N–H and O–H groups in total. The number of fused-ring (bicyclic) bond motifs is 14. The molecular weight excluding hydrogens is 1340 g/mol. The fourth-order valence-electron chi connectivity index (χ4n) is 16.7. The molecule has 0 aliphatic carbocycles. The molecule has 22 rings (SSSR count). The minimum Gasteiger partial charge on any atom is -0.309 e. The van der Waals surface area contributed by atoms with Gasteiger partial charge in [0.1, 0.15) is 11.6 Å². The van der Waals surface area contributed by atoms with E-state index in [0.717, 1.165) is 72.8 Å². The molecule has 10 nitrogen and oxygen atoms in total. The van der Waals surface area contributed by atoms with Crippen LogP contribution in [0.15, 0.2) is 364 Å². The molecule has 516 valence electrons. The molecule has 10 heteroatoms. The molecule has 0 radical (unpaired) electrons. The van der Waals surface area contributed by atoms with Crippen LogP contribution in [0.5, 0.6) is 0 Å². The van der Waals surface area contributed by atoms with Crippen LogP contribution in [0.2, 0.25) is 0 Å². The number of aryl methyl sites for hydroxylation is 2. The molecule has 6 heterocycles. The maximum Gasteiger partial charge on any atom is 0.164 e. The molecule has 0 amide bonds. The number of benzene rings is 16. The summed E-state index contributed by atoms with van der Waals surface area (Å²) in [6, 6.07) is 130. The van der Waals surface area contributed by atoms with Crippen LogP contribution in [0.1, 0.15) is 11.6 Å². The molecule has 0 unspecified atom stereocenters. The highest BCUT2D eigenvalue weighted by atomic mass is 15.1. The summed E-state index contributed by atoms with van der Waals surface area (Å²) in [5, 5.41) is 14.6. The van der Waals surface area contributed by atoms with Gasteiger partial charge in [0.2, 0.25) is 0 Å². The normalized spacial score (nSPS) is 11.7. The fourth-order valence-corrected chi connectivity index (χ4v) is 16.7. The zero-order valence-electron chi connectivity index (χ0n) is 60.1. The van der Waals surface area contributed by atoms with Crippen molar-refractivity contribution in [2.24, 2.45) is 0 Å². The number of hydrogen-bond acceptors (Lipinski definition) is 6. The van der Waals surface area contributed by atoms with Gasteiger partial charge in [-0.05, 0) is 174 Å². The first-order valence-electron chi connectivity index (χ1n) is 37.2. The monoisotopic (exact) mass is 1410 g/mol. The highest BCUT2D eigenvalue weighted by Gasteiger charge is 2.23. The Morgan fingerprint density at radius 3 is 1.03 bits per heavy atom. The third-order valence-electron chi connectivity index (χ3n) is 21.7. The van der Waals surface area contributed by atoms with Crippen molar-refractivity contribution in [2.75, 3.05) is 0 Å². The standard InChI is InChI=1S/C51H33N5.C49H33N5/c1-4-15-34(16-5-1)49-52-50(35-17-6-2-7-18-35)54-51(53-49)38-19-14-22-40(31-38)56-46-26-13-11-24-42(46)44-33-37(28-30-48(44)56)36-27-29-47-43(32-36)41-23-10-12-25-45(41)55(47)39-20-8-3-9-21-39;1-30-50-31(2)52-49(51-30)41-23-26-46(38-14-6-5-13-37(38)41)54-45-18-10-8-16-40(45)43-29-35(21-25-48(43)54)34-20-24-47-42(28-34)39-15-7-9-17-44(39)53(47)36-22-19-32-11-3-4-12-33(32)27-36/h1-33H;3-29H,1-2H3. The molecule has 16 aromatic carbocycles. The van der Waals surface area contributed by atoms with Crippen molar-refractivity contribution in [3.05, 3.63) is 376 Å². The maximum absolute atomic E-state index is 5.02. The highest BCUT2D eigenvalue weighted by Crippen LogP contribution is 2.44. The van der Waals surface area contributed by atoms with Crippen LogP contribution in [0.4, 0.5) is 0 Å². The number of rotatable bonds is 10. The molecule has 110 heavy (non-hydrogen) atoms. The van der Waals surface area contributed by atoms with Crippen molar-refractivity contribution in [1.29, 1.82) is 0 Å². The van der Waals surface area contributed by atoms with Gasteiger partial charge in [-0.3, -0.25) is 0 Å². The first-order chi connectivity index (χ1) is 54.3. The molecule has 0 saturated heterocycles. The lowest BCUT2D eigenvalue weighted by Gasteiger charge is -2.14. The Hall–Kier alpha value is -14.7. The summed E-state index contributed by atoms with van der Waals surface area (Å²) in [5.41, 5.74) is 22.5. The molecule has 0 atom stereocenters. The Bertz CT molecular complexity index is 7360. The summed E-state index contributed by atoms with van der Waals surface area (Å²) < 4.78 is 9.52. The van der Waals surface area contributed by atoms with Crippen LogP contribution in [-0.2, 0) is 0 Å². The van der Waals surface area contributed by atoms with Crippen LogP contribution < -0.4 is 0 Å². The topological polar surface area (TPSA) is 97.1 Å². The Morgan fingerprint density at radius 2 is 0.536 bits per heavy atom. The molecule has 0 fully saturated rings. The highest BCUT2D eigenvalue weighted by molar-refractivity contribution is 6.16. The van der Waals surface area contributed by atoms with Crippen LogP contribution >= 0.6 is 0 Å². The second kappa shape index (κ2) is 26.1. The number of hydrogen-bond donors (Lipinski definition) is 0. The van der Waals surface area contributed by atoms with Crippen molar-refractivity contribution in [2.45, 2.75) is 13.8 Å². The van der Waals surface area contributed by atoms with Crippen molar-refractivity contribution < 1.29 is 0 Å². The van der Waals surface area contributed by atoms with Gasteiger partial charge in [0, 0.05) is 87.8 Å². The van der Waals surface area contributed by atoms with E-state index in [-0.39, 0.29) is 0 Å². The molecule has 0 saturated carbocycles. The second-order valence-corrected chi connectivity index (χ2v) is 28.2. The smallest absolute Gasteiger partial charge is 0.164 e. The van der Waals surface area contributed by atoms with Crippen molar-refractivity contribution in [1.82, 2.24) is 48.2 Å². The van der Waals surface area contributed by atoms with Gasteiger partial charge < -0.3 is 18.3 Å². The van der Waals surface area contributed by atoms with E-state index in [0.29, 0.717) is 23.3 Å². The van der Waals surface area contributed by atoms with E-state index in [1.165, 1.54) is 115 Å². The SMILES string of the molecule is Cc1nc(C)nc(-c2ccc(-n3c4ccccc4c4cc(-c5ccc6c(c5)c5ccccc5n6-c5ccc6ccccc6c5)ccc43)c3ccccc23)n1.c1ccc(-c2nc(-c3ccccc3)nc(-c3cccc(-n4c5ccccc5c5cc(-c6ccc7c(c6)c6ccccc6n7-c6ccccc6)ccc54)c3)n2)cc1. The van der Waals surface area contributed by atoms with Crippen LogP contribution in [0.3, 0.4) is 0 Å². The maximum atomic E-state index is 5.02. The third kappa shape index (κ3) is 10.8. The van der Waals surface area contributed by atoms with E-state index in [1.54, 1.807) is 0 Å². The van der Waals surface area contributed by atoms with Crippen molar-refractivity contribution in [3.8, 4) is 90.6 Å². The minimum absolute atomic E-state index is 0.631. The first-order valence-corrected chi connectivity index (χ1v) is 37.2. The van der Waals surface area contributed by atoms with Gasteiger partial charge in [0.15, 0.2) is 23.3 Å². The Morgan fingerprint density at radius 1 is 0.182 bits per heavy atom. The Labute approximate surface area is 633 Å². The second-order valence-electron chi connectivity index (χ2n) is 28.2. The van der Waals surface area contributed by atoms with Gasteiger partial charge in [-0.2, -0.15) is 0 Å². The zero-order chi connectivity index (χ0) is 72.9. The summed E-state index contributed by atoms with van der Waals surface area (Å²) in [6.07, 6.45) is 0. The van der Waals surface area contributed by atoms with Gasteiger partial charge >= 0.3 is 0 Å². The molecule has 0 aliphatic heterocycles. The lowest BCUT2D eigenvalue weighted by molar-refractivity contribution is 0.929. The predicted molar refractivity (Wildman–Crippen MR) is 454 cm³/mol. The van der Waals surface area contributed by atoms with E-state index in [4.69, 9.17) is 24.9 Å². The quantitative estimate of drug-likeness (QED) is 0.135. The summed E-state index contributed by atoms with van der Waals surface area (Å²) in [4.78, 5) is 28.8. The number of aromatic nitrogens is 10. The summed E-state index contributed by atoms with van der Waals surface area (Å²) in [6.45, 7) is 3.84. The van der Waals surface area contributed by atoms with Gasteiger partial charge in [0.05, 0.1) is 49.8 Å². The van der Waals surface area contributed by atoms with Crippen LogP contribution in [0, 0.1) is 13.8 Å². The third-order valence-corrected chi connectivity index (χ3v) is 21.7. The zero-order valence-corrected chi connectivity index (χ0v) is 60.1. The fraction of sp³-hybridized carbons (Fsp3) is 0.0200. The predicted octanol–water partition coefficient (Wildman–Crippen LogP) is 25.1. The average Bonchev–Trinajstić information content (AvgIpc) is 1.59. The van der Waals surface area contributed by atoms with Crippen LogP contribution in [-0.4, -0.2) is 48.2 Å². The average molecular weight is 1410 g/mol. The van der Waals surface area contributed by atoms with Gasteiger partial charge in [0.25, 0.3) is 0 Å². The van der Waals surface area contributed by atoms with Gasteiger partial charge in [-0.25, -0.2) is 29.9 Å². The van der Waals surface area contributed by atoms with Gasteiger partial charge in [-0.1, -0.05) is 243 Å². The lowest BCUT2D eigenvalue weighted by atomic mass is 10.0. The van der Waals surface area contributed by atoms with Crippen LogP contribution in [0.25, 0.3) is 199 Å². The summed E-state index contributed by atoms with van der Waals surface area (Å²) in [5.74, 6) is 4.06. The molecule has 22 aromatic rings. The van der Waals surface area contributed by atoms with E-state index < -0.39 is 0 Å². The number of para-hydroxylation sites is 5. The molecule has 0 aliphatic rings. The van der Waals surface area contributed by atoms with E-state index >= 15 is 0 Å². The molecular formula is C100H66N10. The first kappa shape index (κ1) is 63.7. The summed E-state index contributed by atoms with van der Waals surface area (Å²) in [7, 11) is 0. The van der Waals surface area contributed by atoms with E-state index in [9.17, 15) is 0 Å². The minimum atomic E-state index is 0.631. The number of nitrogens with zero attached hydrogens (tertiary/aromatic N) is 10.